The highest BCUT2D eigenvalue weighted by molar-refractivity contribution is 9.09. The molecule has 0 bridgehead atoms. The molecule has 3 atom stereocenters. The Morgan fingerprint density at radius 1 is 1.36 bits per heavy atom. The Hall–Kier alpha value is 0.400. The molecule has 3 unspecified atom stereocenters. The number of methoxy groups -OCH3 is 1. The molecule has 0 aromatic carbocycles. The molecule has 0 heterocycles. The van der Waals surface area contributed by atoms with Crippen LogP contribution in [0.1, 0.15) is 33.1 Å². The highest BCUT2D eigenvalue weighted by Gasteiger charge is 2.29. The summed E-state index contributed by atoms with van der Waals surface area (Å²) in [6, 6.07) is 0. The zero-order chi connectivity index (χ0) is 10.6. The highest BCUT2D eigenvalue weighted by atomic mass is 79.9. The van der Waals surface area contributed by atoms with Crippen LogP contribution in [0.5, 0.6) is 0 Å². The van der Waals surface area contributed by atoms with Crippen molar-refractivity contribution < 1.29 is 9.47 Å². The van der Waals surface area contributed by atoms with Gasteiger partial charge < -0.3 is 9.47 Å². The maximum absolute atomic E-state index is 6.05. The Morgan fingerprint density at radius 3 is 2.50 bits per heavy atom. The van der Waals surface area contributed by atoms with E-state index >= 15 is 0 Å². The van der Waals surface area contributed by atoms with Gasteiger partial charge in [-0.05, 0) is 25.2 Å². The quantitative estimate of drug-likeness (QED) is 0.711. The van der Waals surface area contributed by atoms with Crippen molar-refractivity contribution in [2.45, 2.75) is 50.1 Å². The molecular weight excluding hydrogens is 244 g/mol. The standard InChI is InChI=1S/C11H21BrO2/c1-8(2)11(7-13-3)14-10-6-4-5-9(10)12/h8-11H,4-7H2,1-3H3. The van der Waals surface area contributed by atoms with E-state index in [9.17, 15) is 0 Å². The molecule has 0 spiro atoms. The van der Waals surface area contributed by atoms with Gasteiger partial charge in [0.1, 0.15) is 0 Å². The molecule has 0 aromatic rings. The summed E-state index contributed by atoms with van der Waals surface area (Å²) in [5, 5.41) is 0. The van der Waals surface area contributed by atoms with Crippen molar-refractivity contribution in [1.29, 1.82) is 0 Å². The Morgan fingerprint density at radius 2 is 2.07 bits per heavy atom. The molecule has 1 aliphatic rings. The van der Waals surface area contributed by atoms with Crippen molar-refractivity contribution >= 4 is 15.9 Å². The first-order valence-corrected chi connectivity index (χ1v) is 6.35. The summed E-state index contributed by atoms with van der Waals surface area (Å²) in [5.41, 5.74) is 0. The van der Waals surface area contributed by atoms with Gasteiger partial charge in [-0.3, -0.25) is 0 Å². The normalized spacial score (nSPS) is 29.8. The third-order valence-corrected chi connectivity index (χ3v) is 3.84. The van der Waals surface area contributed by atoms with Crippen molar-refractivity contribution in [2.24, 2.45) is 5.92 Å². The fourth-order valence-corrected chi connectivity index (χ4v) is 2.52. The first-order valence-electron chi connectivity index (χ1n) is 5.43. The number of halogens is 1. The number of rotatable bonds is 5. The van der Waals surface area contributed by atoms with E-state index in [1.807, 2.05) is 0 Å². The predicted molar refractivity (Wildman–Crippen MR) is 61.9 cm³/mol. The van der Waals surface area contributed by atoms with Crippen LogP contribution in [-0.2, 0) is 9.47 Å². The van der Waals surface area contributed by atoms with Gasteiger partial charge in [0.2, 0.25) is 0 Å². The van der Waals surface area contributed by atoms with Crippen LogP contribution in [0.2, 0.25) is 0 Å². The number of ether oxygens (including phenoxy) is 2. The van der Waals surface area contributed by atoms with Crippen LogP contribution >= 0.6 is 15.9 Å². The summed E-state index contributed by atoms with van der Waals surface area (Å²) >= 11 is 3.67. The van der Waals surface area contributed by atoms with E-state index in [0.29, 0.717) is 23.5 Å². The van der Waals surface area contributed by atoms with Crippen LogP contribution in [0.3, 0.4) is 0 Å². The molecule has 14 heavy (non-hydrogen) atoms. The van der Waals surface area contributed by atoms with Crippen molar-refractivity contribution in [3.05, 3.63) is 0 Å². The van der Waals surface area contributed by atoms with E-state index < -0.39 is 0 Å². The highest BCUT2D eigenvalue weighted by Crippen LogP contribution is 2.30. The molecule has 84 valence electrons. The van der Waals surface area contributed by atoms with Crippen LogP contribution in [0, 0.1) is 5.92 Å². The summed E-state index contributed by atoms with van der Waals surface area (Å²) in [6.07, 6.45) is 4.32. The van der Waals surface area contributed by atoms with E-state index in [-0.39, 0.29) is 6.10 Å². The zero-order valence-corrected chi connectivity index (χ0v) is 10.9. The fraction of sp³-hybridized carbons (Fsp3) is 1.00. The van der Waals surface area contributed by atoms with E-state index in [0.717, 1.165) is 0 Å². The first-order chi connectivity index (χ1) is 6.65. The number of hydrogen-bond donors (Lipinski definition) is 0. The topological polar surface area (TPSA) is 18.5 Å². The van der Waals surface area contributed by atoms with Gasteiger partial charge in [-0.15, -0.1) is 0 Å². The third-order valence-electron chi connectivity index (χ3n) is 2.80. The lowest BCUT2D eigenvalue weighted by Gasteiger charge is -2.26. The maximum Gasteiger partial charge on any atom is 0.0835 e. The molecule has 0 radical (unpaired) electrons. The average Bonchev–Trinajstić information content (AvgIpc) is 2.51. The van der Waals surface area contributed by atoms with Crippen molar-refractivity contribution in [3.8, 4) is 0 Å². The summed E-state index contributed by atoms with van der Waals surface area (Å²) < 4.78 is 11.2. The SMILES string of the molecule is COCC(OC1CCCC1Br)C(C)C. The molecule has 1 aliphatic carbocycles. The van der Waals surface area contributed by atoms with Gasteiger partial charge in [-0.25, -0.2) is 0 Å². The van der Waals surface area contributed by atoms with E-state index in [2.05, 4.69) is 29.8 Å². The van der Waals surface area contributed by atoms with E-state index in [1.165, 1.54) is 19.3 Å². The maximum atomic E-state index is 6.05. The van der Waals surface area contributed by atoms with Crippen molar-refractivity contribution in [1.82, 2.24) is 0 Å². The Kier molecular flexibility index (Phi) is 5.42. The molecule has 0 aliphatic heterocycles. The van der Waals surface area contributed by atoms with Crippen LogP contribution in [0.4, 0.5) is 0 Å². The predicted octanol–water partition coefficient (Wildman–Crippen LogP) is 2.99. The lowest BCUT2D eigenvalue weighted by molar-refractivity contribution is -0.0642. The third kappa shape index (κ3) is 3.52. The van der Waals surface area contributed by atoms with E-state index in [4.69, 9.17) is 9.47 Å². The lowest BCUT2D eigenvalue weighted by Crippen LogP contribution is -2.32. The monoisotopic (exact) mass is 264 g/mol. The summed E-state index contributed by atoms with van der Waals surface area (Å²) in [6.45, 7) is 5.07. The van der Waals surface area contributed by atoms with Gasteiger partial charge in [0.25, 0.3) is 0 Å². The second-order valence-electron chi connectivity index (χ2n) is 4.36. The van der Waals surface area contributed by atoms with Gasteiger partial charge in [0.05, 0.1) is 18.8 Å². The number of hydrogen-bond acceptors (Lipinski definition) is 2. The molecule has 1 rings (SSSR count). The largest absolute Gasteiger partial charge is 0.382 e. The van der Waals surface area contributed by atoms with Crippen LogP contribution < -0.4 is 0 Å². The molecule has 1 saturated carbocycles. The van der Waals surface area contributed by atoms with Crippen LogP contribution in [0.25, 0.3) is 0 Å². The smallest absolute Gasteiger partial charge is 0.0835 e. The Bertz CT molecular complexity index is 161. The summed E-state index contributed by atoms with van der Waals surface area (Å²) in [4.78, 5) is 0.542. The molecule has 0 N–H and O–H groups in total. The molecule has 0 aromatic heterocycles. The van der Waals surface area contributed by atoms with Gasteiger partial charge in [0, 0.05) is 11.9 Å². The second-order valence-corrected chi connectivity index (χ2v) is 5.54. The van der Waals surface area contributed by atoms with Crippen LogP contribution in [-0.4, -0.2) is 30.8 Å². The summed E-state index contributed by atoms with van der Waals surface area (Å²) in [5.74, 6) is 0.523. The zero-order valence-electron chi connectivity index (χ0n) is 9.33. The number of alkyl halides is 1. The molecular formula is C11H21BrO2. The second kappa shape index (κ2) is 6.09. The van der Waals surface area contributed by atoms with Gasteiger partial charge in [0.15, 0.2) is 0 Å². The summed E-state index contributed by atoms with van der Waals surface area (Å²) in [7, 11) is 1.74. The van der Waals surface area contributed by atoms with Gasteiger partial charge in [-0.2, -0.15) is 0 Å². The molecule has 0 saturated heterocycles. The van der Waals surface area contributed by atoms with Crippen molar-refractivity contribution in [3.63, 3.8) is 0 Å². The van der Waals surface area contributed by atoms with Crippen molar-refractivity contribution in [2.75, 3.05) is 13.7 Å². The lowest BCUT2D eigenvalue weighted by atomic mass is 10.1. The average molecular weight is 265 g/mol. The minimum Gasteiger partial charge on any atom is -0.382 e. The molecule has 1 fully saturated rings. The van der Waals surface area contributed by atoms with E-state index in [1.54, 1.807) is 7.11 Å². The van der Waals surface area contributed by atoms with Gasteiger partial charge >= 0.3 is 0 Å². The Balaban J connectivity index is 2.37. The first kappa shape index (κ1) is 12.5. The Labute approximate surface area is 95.5 Å². The minimum absolute atomic E-state index is 0.239. The molecule has 0 amide bonds. The fourth-order valence-electron chi connectivity index (χ4n) is 1.81. The minimum atomic E-state index is 0.239. The molecule has 2 nitrogen and oxygen atoms in total. The van der Waals surface area contributed by atoms with Gasteiger partial charge in [-0.1, -0.05) is 29.8 Å². The van der Waals surface area contributed by atoms with Crippen LogP contribution in [0.15, 0.2) is 0 Å². The molecule has 3 heteroatoms.